The lowest BCUT2D eigenvalue weighted by molar-refractivity contribution is 0.625. The Morgan fingerprint density at radius 3 is 3.11 bits per heavy atom. The fourth-order valence-corrected chi connectivity index (χ4v) is 2.05. The number of fused-ring (bicyclic) bond motifs is 1. The molecule has 0 aliphatic rings. The SMILES string of the molecule is Fc1ccc(Br)c(CNc2cncc3nnnn23)c1. The first kappa shape index (κ1) is 12.0. The standard InChI is InChI=1S/C11H8BrFN6/c12-9-2-1-8(13)3-7(9)4-15-10-5-14-6-11-16-17-18-19(10)11/h1-3,5-6,15H,4H2. The molecule has 0 aliphatic carbocycles. The molecule has 0 spiro atoms. The maximum atomic E-state index is 13.2. The Kier molecular flexibility index (Phi) is 3.08. The largest absolute Gasteiger partial charge is 0.364 e. The molecule has 0 fully saturated rings. The predicted molar refractivity (Wildman–Crippen MR) is 70.0 cm³/mol. The number of hydrogen-bond donors (Lipinski definition) is 1. The maximum absolute atomic E-state index is 13.2. The van der Waals surface area contributed by atoms with Crippen LogP contribution < -0.4 is 5.32 Å². The average Bonchev–Trinajstić information content (AvgIpc) is 2.88. The Labute approximate surface area is 115 Å². The number of halogens is 2. The second-order valence-electron chi connectivity index (χ2n) is 3.83. The third kappa shape index (κ3) is 2.39. The molecular weight excluding hydrogens is 315 g/mol. The van der Waals surface area contributed by atoms with Crippen LogP contribution in [0.25, 0.3) is 5.65 Å². The molecule has 0 radical (unpaired) electrons. The molecule has 19 heavy (non-hydrogen) atoms. The van der Waals surface area contributed by atoms with Gasteiger partial charge in [-0.15, -0.1) is 5.10 Å². The zero-order valence-corrected chi connectivity index (χ0v) is 11.2. The van der Waals surface area contributed by atoms with Crippen molar-refractivity contribution < 1.29 is 4.39 Å². The van der Waals surface area contributed by atoms with E-state index in [4.69, 9.17) is 0 Å². The van der Waals surface area contributed by atoms with Crippen molar-refractivity contribution in [1.29, 1.82) is 0 Å². The van der Waals surface area contributed by atoms with Gasteiger partial charge in [0.25, 0.3) is 0 Å². The smallest absolute Gasteiger partial charge is 0.199 e. The lowest BCUT2D eigenvalue weighted by atomic mass is 10.2. The summed E-state index contributed by atoms with van der Waals surface area (Å²) in [4.78, 5) is 4.03. The Bertz CT molecular complexity index is 728. The van der Waals surface area contributed by atoms with Crippen molar-refractivity contribution >= 4 is 27.4 Å². The first-order valence-electron chi connectivity index (χ1n) is 5.44. The highest BCUT2D eigenvalue weighted by Gasteiger charge is 2.06. The molecule has 1 aromatic carbocycles. The van der Waals surface area contributed by atoms with Crippen molar-refractivity contribution in [2.24, 2.45) is 0 Å². The quantitative estimate of drug-likeness (QED) is 0.799. The molecule has 0 atom stereocenters. The van der Waals surface area contributed by atoms with Gasteiger partial charge in [0, 0.05) is 11.0 Å². The van der Waals surface area contributed by atoms with Gasteiger partial charge in [-0.05, 0) is 34.2 Å². The van der Waals surface area contributed by atoms with E-state index in [9.17, 15) is 4.39 Å². The maximum Gasteiger partial charge on any atom is 0.199 e. The topological polar surface area (TPSA) is 68.0 Å². The van der Waals surface area contributed by atoms with Crippen molar-refractivity contribution in [3.05, 3.63) is 46.4 Å². The molecule has 6 nitrogen and oxygen atoms in total. The molecule has 96 valence electrons. The second kappa shape index (κ2) is 4.88. The predicted octanol–water partition coefficient (Wildman–Crippen LogP) is 2.03. The number of benzene rings is 1. The Balaban J connectivity index is 1.86. The minimum absolute atomic E-state index is 0.279. The summed E-state index contributed by atoms with van der Waals surface area (Å²) in [7, 11) is 0. The molecule has 2 aromatic heterocycles. The van der Waals surface area contributed by atoms with Crippen LogP contribution in [-0.2, 0) is 6.54 Å². The summed E-state index contributed by atoms with van der Waals surface area (Å²) in [5.41, 5.74) is 1.34. The minimum atomic E-state index is -0.279. The van der Waals surface area contributed by atoms with E-state index in [-0.39, 0.29) is 5.82 Å². The van der Waals surface area contributed by atoms with Crippen LogP contribution in [-0.4, -0.2) is 25.0 Å². The van der Waals surface area contributed by atoms with Gasteiger partial charge in [0.2, 0.25) is 0 Å². The lowest BCUT2D eigenvalue weighted by Crippen LogP contribution is -2.06. The molecule has 1 N–H and O–H groups in total. The van der Waals surface area contributed by atoms with Crippen LogP contribution in [0.15, 0.2) is 35.1 Å². The number of hydrogen-bond acceptors (Lipinski definition) is 5. The van der Waals surface area contributed by atoms with Crippen molar-refractivity contribution in [2.75, 3.05) is 5.32 Å². The lowest BCUT2D eigenvalue weighted by Gasteiger charge is -2.08. The van der Waals surface area contributed by atoms with Gasteiger partial charge in [-0.3, -0.25) is 4.98 Å². The van der Waals surface area contributed by atoms with Gasteiger partial charge in [-0.1, -0.05) is 15.9 Å². The van der Waals surface area contributed by atoms with Crippen molar-refractivity contribution in [3.63, 3.8) is 0 Å². The summed E-state index contributed by atoms with van der Waals surface area (Å²) < 4.78 is 15.5. The summed E-state index contributed by atoms with van der Waals surface area (Å²) in [6.07, 6.45) is 3.17. The van der Waals surface area contributed by atoms with Crippen molar-refractivity contribution in [3.8, 4) is 0 Å². The molecule has 0 saturated heterocycles. The van der Waals surface area contributed by atoms with E-state index in [1.54, 1.807) is 18.5 Å². The van der Waals surface area contributed by atoms with Crippen molar-refractivity contribution in [2.45, 2.75) is 6.54 Å². The van der Waals surface area contributed by atoms with Gasteiger partial charge < -0.3 is 5.32 Å². The molecule has 0 unspecified atom stereocenters. The molecule has 2 heterocycles. The molecular formula is C11H8BrFN6. The normalized spacial score (nSPS) is 10.8. The average molecular weight is 323 g/mol. The molecule has 8 heteroatoms. The Morgan fingerprint density at radius 2 is 2.21 bits per heavy atom. The Morgan fingerprint density at radius 1 is 1.32 bits per heavy atom. The van der Waals surface area contributed by atoms with E-state index >= 15 is 0 Å². The number of nitrogens with one attached hydrogen (secondary N) is 1. The van der Waals surface area contributed by atoms with Crippen molar-refractivity contribution in [1.82, 2.24) is 25.0 Å². The Hall–Kier alpha value is -2.09. The highest BCUT2D eigenvalue weighted by atomic mass is 79.9. The van der Waals surface area contributed by atoms with Gasteiger partial charge in [-0.25, -0.2) is 4.39 Å². The summed E-state index contributed by atoms with van der Waals surface area (Å²) in [5.74, 6) is 0.359. The number of anilines is 1. The van der Waals surface area contributed by atoms with E-state index in [1.165, 1.54) is 16.6 Å². The van der Waals surface area contributed by atoms with Gasteiger partial charge in [-0.2, -0.15) is 4.52 Å². The van der Waals surface area contributed by atoms with Gasteiger partial charge >= 0.3 is 0 Å². The van der Waals surface area contributed by atoms with E-state index in [1.807, 2.05) is 0 Å². The monoisotopic (exact) mass is 322 g/mol. The van der Waals surface area contributed by atoms with Crippen LogP contribution in [0.5, 0.6) is 0 Å². The van der Waals surface area contributed by atoms with E-state index in [2.05, 4.69) is 41.8 Å². The van der Waals surface area contributed by atoms with Gasteiger partial charge in [0.1, 0.15) is 5.82 Å². The van der Waals surface area contributed by atoms with E-state index in [0.717, 1.165) is 10.0 Å². The van der Waals surface area contributed by atoms with Crippen LogP contribution in [0.3, 0.4) is 0 Å². The first-order chi connectivity index (χ1) is 9.24. The molecule has 0 bridgehead atoms. The fourth-order valence-electron chi connectivity index (χ4n) is 1.66. The van der Waals surface area contributed by atoms with Crippen LogP contribution in [0.4, 0.5) is 10.2 Å². The fraction of sp³-hybridized carbons (Fsp3) is 0.0909. The molecule has 3 aromatic rings. The molecule has 0 saturated carbocycles. The summed E-state index contributed by atoms with van der Waals surface area (Å²) in [6.45, 7) is 0.430. The number of aromatic nitrogens is 5. The van der Waals surface area contributed by atoms with Crippen LogP contribution in [0.2, 0.25) is 0 Å². The first-order valence-corrected chi connectivity index (χ1v) is 6.23. The number of rotatable bonds is 3. The van der Waals surface area contributed by atoms with Gasteiger partial charge in [0.15, 0.2) is 11.5 Å². The second-order valence-corrected chi connectivity index (χ2v) is 4.69. The van der Waals surface area contributed by atoms with Crippen LogP contribution in [0, 0.1) is 5.82 Å². The molecule has 0 amide bonds. The minimum Gasteiger partial charge on any atom is -0.364 e. The number of tetrazole rings is 1. The van der Waals surface area contributed by atoms with E-state index < -0.39 is 0 Å². The summed E-state index contributed by atoms with van der Waals surface area (Å²) >= 11 is 3.38. The molecule has 3 rings (SSSR count). The van der Waals surface area contributed by atoms with Gasteiger partial charge in [0.05, 0.1) is 12.4 Å². The molecule has 0 aliphatic heterocycles. The summed E-state index contributed by atoms with van der Waals surface area (Å²) in [5, 5.41) is 14.3. The summed E-state index contributed by atoms with van der Waals surface area (Å²) in [6, 6.07) is 4.53. The number of nitrogens with zero attached hydrogens (tertiary/aromatic N) is 5. The third-order valence-corrected chi connectivity index (χ3v) is 3.35. The highest BCUT2D eigenvalue weighted by molar-refractivity contribution is 9.10. The van der Waals surface area contributed by atoms with Crippen LogP contribution in [0.1, 0.15) is 5.56 Å². The van der Waals surface area contributed by atoms with E-state index in [0.29, 0.717) is 18.0 Å². The third-order valence-electron chi connectivity index (χ3n) is 2.58. The van der Waals surface area contributed by atoms with Crippen LogP contribution >= 0.6 is 15.9 Å². The highest BCUT2D eigenvalue weighted by Crippen LogP contribution is 2.19. The zero-order chi connectivity index (χ0) is 13.2. The zero-order valence-electron chi connectivity index (χ0n) is 9.59.